The minimum Gasteiger partial charge on any atom is -0.507 e. The van der Waals surface area contributed by atoms with Crippen LogP contribution in [0.2, 0.25) is 0 Å². The molecule has 59 heavy (non-hydrogen) atoms. The molecule has 0 atom stereocenters. The van der Waals surface area contributed by atoms with Crippen LogP contribution < -0.4 is 25.1 Å². The van der Waals surface area contributed by atoms with E-state index >= 15 is 0 Å². The number of ether oxygens (including phenoxy) is 6. The molecule has 0 saturated carbocycles. The second-order valence-electron chi connectivity index (χ2n) is 13.4. The molecule has 0 spiro atoms. The third-order valence-corrected chi connectivity index (χ3v) is 9.59. The summed E-state index contributed by atoms with van der Waals surface area (Å²) in [7, 11) is 0. The summed E-state index contributed by atoms with van der Waals surface area (Å²) in [5.41, 5.74) is -1.00. The molecule has 0 radical (unpaired) electrons. The molecule has 15 heteroatoms. The van der Waals surface area contributed by atoms with Crippen LogP contribution in [0.4, 0.5) is 0 Å². The van der Waals surface area contributed by atoms with Gasteiger partial charge in [0.15, 0.2) is 42.6 Å². The lowest BCUT2D eigenvalue weighted by atomic mass is 9.93. The third kappa shape index (κ3) is 7.28. The van der Waals surface area contributed by atoms with E-state index in [1.165, 1.54) is 24.3 Å². The Balaban J connectivity index is 1.05. The van der Waals surface area contributed by atoms with Gasteiger partial charge in [-0.25, -0.2) is 14.4 Å². The van der Waals surface area contributed by atoms with Gasteiger partial charge in [0.2, 0.25) is 0 Å². The van der Waals surface area contributed by atoms with Crippen LogP contribution in [-0.4, -0.2) is 78.1 Å². The highest BCUT2D eigenvalue weighted by atomic mass is 16.6. The summed E-state index contributed by atoms with van der Waals surface area (Å²) in [4.78, 5) is 80.0. The summed E-state index contributed by atoms with van der Waals surface area (Å²) < 4.78 is 32.8. The van der Waals surface area contributed by atoms with E-state index in [1.54, 1.807) is 54.6 Å². The maximum atomic E-state index is 14.3. The van der Waals surface area contributed by atoms with Gasteiger partial charge in [-0.05, 0) is 17.5 Å². The van der Waals surface area contributed by atoms with E-state index in [4.69, 9.17) is 28.4 Å². The Kier molecular flexibility index (Phi) is 10.00. The minimum atomic E-state index is -1.34. The van der Waals surface area contributed by atoms with Crippen molar-refractivity contribution >= 4 is 66.8 Å². The van der Waals surface area contributed by atoms with Crippen molar-refractivity contribution in [3.05, 3.63) is 129 Å². The fraction of sp³-hybridized carbons (Fsp3) is 0.136. The van der Waals surface area contributed by atoms with Crippen molar-refractivity contribution in [2.45, 2.75) is 6.10 Å². The van der Waals surface area contributed by atoms with E-state index in [1.807, 2.05) is 0 Å². The Morgan fingerprint density at radius 1 is 0.593 bits per heavy atom. The lowest BCUT2D eigenvalue weighted by Crippen LogP contribution is -2.34. The van der Waals surface area contributed by atoms with Crippen LogP contribution in [0.5, 0.6) is 34.5 Å². The molecule has 1 heterocycles. The fourth-order valence-corrected chi connectivity index (χ4v) is 6.96. The van der Waals surface area contributed by atoms with Crippen molar-refractivity contribution in [1.82, 2.24) is 0 Å². The van der Waals surface area contributed by atoms with Crippen molar-refractivity contribution in [3.63, 3.8) is 0 Å². The zero-order valence-corrected chi connectivity index (χ0v) is 30.6. The molecule has 3 N–H and O–H groups in total. The van der Waals surface area contributed by atoms with Crippen molar-refractivity contribution < 1.29 is 62.9 Å². The number of aromatic hydroxyl groups is 3. The van der Waals surface area contributed by atoms with Crippen LogP contribution in [0.15, 0.2) is 107 Å². The molecule has 1 aliphatic heterocycles. The predicted octanol–water partition coefficient (Wildman–Crippen LogP) is 4.65. The van der Waals surface area contributed by atoms with Crippen LogP contribution in [0, 0.1) is 0 Å². The zero-order chi connectivity index (χ0) is 41.4. The standard InChI is InChI=1S/C44H30O15/c45-29-14-24(12-13-26(29)42(51)23-6-2-1-3-7-23)54-21-36(50)59-25-17-57-34(48)19-55-32-15-30(46)38-41-39(31(47)16-33(40(32)41)56-20-35(49)58-18-25)44(53)28-11-5-9-22-8-4-10-27(37(22)28)43(38)52/h1-16,25,45-47H,17-21H2. The van der Waals surface area contributed by atoms with Gasteiger partial charge in [0, 0.05) is 45.3 Å². The molecule has 0 saturated heterocycles. The number of carbonyl (C=O) groups is 4. The lowest BCUT2D eigenvalue weighted by molar-refractivity contribution is -0.169. The molecule has 296 valence electrons. The van der Waals surface area contributed by atoms with Gasteiger partial charge in [0.05, 0.1) is 21.7 Å². The smallest absolute Gasteiger partial charge is 0.344 e. The van der Waals surface area contributed by atoms with Crippen molar-refractivity contribution in [2.24, 2.45) is 0 Å². The highest BCUT2D eigenvalue weighted by molar-refractivity contribution is 6.22. The van der Waals surface area contributed by atoms with Gasteiger partial charge in [0.1, 0.15) is 47.7 Å². The molecule has 15 nitrogen and oxygen atoms in total. The minimum absolute atomic E-state index is 0.0140. The largest absolute Gasteiger partial charge is 0.507 e. The number of cyclic esters (lactones) is 2. The van der Waals surface area contributed by atoms with Crippen LogP contribution in [0.25, 0.3) is 43.1 Å². The maximum absolute atomic E-state index is 14.3. The number of benzene rings is 6. The second kappa shape index (κ2) is 15.5. The molecule has 0 amide bonds. The Hall–Kier alpha value is -7.94. The van der Waals surface area contributed by atoms with Gasteiger partial charge in [-0.1, -0.05) is 66.7 Å². The van der Waals surface area contributed by atoms with E-state index < -0.39 is 85.2 Å². The molecular weight excluding hydrogens is 768 g/mol. The van der Waals surface area contributed by atoms with Crippen molar-refractivity contribution in [2.75, 3.05) is 33.0 Å². The molecule has 0 aromatic heterocycles. The number of phenols is 3. The number of ketones is 1. The Bertz CT molecular complexity index is 2850. The van der Waals surface area contributed by atoms with Gasteiger partial charge in [-0.15, -0.1) is 0 Å². The number of hydrogen-bond acceptors (Lipinski definition) is 15. The fourth-order valence-electron chi connectivity index (χ4n) is 6.96. The van der Waals surface area contributed by atoms with Crippen LogP contribution in [0.3, 0.4) is 0 Å². The lowest BCUT2D eigenvalue weighted by Gasteiger charge is -2.20. The van der Waals surface area contributed by atoms with Crippen molar-refractivity contribution in [1.29, 1.82) is 0 Å². The average Bonchev–Trinajstić information content (AvgIpc) is 3.23. The highest BCUT2D eigenvalue weighted by Crippen LogP contribution is 2.45. The van der Waals surface area contributed by atoms with Crippen molar-refractivity contribution in [3.8, 4) is 34.5 Å². The molecular formula is C44H30O15. The summed E-state index contributed by atoms with van der Waals surface area (Å²) in [5.74, 6) is -5.58. The first-order valence-electron chi connectivity index (χ1n) is 18.0. The van der Waals surface area contributed by atoms with Crippen LogP contribution >= 0.6 is 0 Å². The van der Waals surface area contributed by atoms with E-state index in [-0.39, 0.29) is 60.9 Å². The Labute approximate surface area is 331 Å². The first kappa shape index (κ1) is 38.0. The topological polar surface area (TPSA) is 218 Å². The number of hydrogen-bond donors (Lipinski definition) is 3. The summed E-state index contributed by atoms with van der Waals surface area (Å²) in [6.45, 7) is -3.52. The number of esters is 3. The third-order valence-electron chi connectivity index (χ3n) is 9.59. The monoisotopic (exact) mass is 798 g/mol. The molecule has 0 unspecified atom stereocenters. The molecule has 0 bridgehead atoms. The zero-order valence-electron chi connectivity index (χ0n) is 30.6. The molecule has 8 rings (SSSR count). The predicted molar refractivity (Wildman–Crippen MR) is 210 cm³/mol. The van der Waals surface area contributed by atoms with Gasteiger partial charge < -0.3 is 43.7 Å². The summed E-state index contributed by atoms with van der Waals surface area (Å²) >= 11 is 0. The normalized spacial score (nSPS) is 13.9. The average molecular weight is 799 g/mol. The maximum Gasteiger partial charge on any atom is 0.344 e. The molecule has 1 aliphatic rings. The first-order valence-corrected chi connectivity index (χ1v) is 18.0. The summed E-state index contributed by atoms with van der Waals surface area (Å²) in [6.07, 6.45) is -1.34. The van der Waals surface area contributed by atoms with Gasteiger partial charge in [-0.2, -0.15) is 0 Å². The van der Waals surface area contributed by atoms with Crippen LogP contribution in [0.1, 0.15) is 15.9 Å². The second-order valence-corrected chi connectivity index (χ2v) is 13.4. The number of carbonyl (C=O) groups excluding carboxylic acids is 4. The van der Waals surface area contributed by atoms with Crippen LogP contribution in [-0.2, 0) is 28.6 Å². The summed E-state index contributed by atoms with van der Waals surface area (Å²) in [5, 5.41) is 33.2. The SMILES string of the molecule is O=C1COc2cc(O)c3c(=O)c4cccc5cccc(c(=O)c6c(O)cc(c2c36)OCC(=O)OCC(OC(=O)COc2ccc(C(=O)c3ccccc3)c(O)c2)CO1)c54. The van der Waals surface area contributed by atoms with E-state index in [2.05, 4.69) is 0 Å². The molecule has 0 aliphatic carbocycles. The molecule has 7 aromatic rings. The molecule has 7 aromatic carbocycles. The first-order chi connectivity index (χ1) is 28.5. The number of phenolic OH excluding ortho intramolecular Hbond substituents is 3. The summed E-state index contributed by atoms with van der Waals surface area (Å²) in [6, 6.07) is 23.9. The van der Waals surface area contributed by atoms with E-state index in [9.17, 15) is 44.1 Å². The molecule has 0 fully saturated rings. The highest BCUT2D eigenvalue weighted by Gasteiger charge is 2.27. The Morgan fingerprint density at radius 3 is 1.73 bits per heavy atom. The number of rotatable bonds is 6. The quantitative estimate of drug-likeness (QED) is 0.118. The van der Waals surface area contributed by atoms with E-state index in [0.29, 0.717) is 16.3 Å². The Morgan fingerprint density at radius 2 is 1.17 bits per heavy atom. The van der Waals surface area contributed by atoms with Gasteiger partial charge >= 0.3 is 17.9 Å². The van der Waals surface area contributed by atoms with Gasteiger partial charge in [0.25, 0.3) is 0 Å². The van der Waals surface area contributed by atoms with E-state index in [0.717, 1.165) is 18.2 Å². The van der Waals surface area contributed by atoms with Gasteiger partial charge in [-0.3, -0.25) is 14.4 Å².